The number of benzene rings is 1. The van der Waals surface area contributed by atoms with Crippen LogP contribution in [0.15, 0.2) is 24.3 Å². The van der Waals surface area contributed by atoms with Gasteiger partial charge in [0.1, 0.15) is 17.3 Å². The highest BCUT2D eigenvalue weighted by atomic mass is 35.5. The number of nitrogens with zero attached hydrogens (tertiary/aromatic N) is 3. The number of rotatable bonds is 6. The van der Waals surface area contributed by atoms with Crippen LogP contribution in [0.1, 0.15) is 21.9 Å². The molecule has 128 valence electrons. The Kier molecular flexibility index (Phi) is 6.11. The van der Waals surface area contributed by atoms with Crippen LogP contribution < -0.4 is 10.6 Å². The topological polar surface area (TPSA) is 70.2 Å². The third-order valence-electron chi connectivity index (χ3n) is 3.37. The van der Waals surface area contributed by atoms with Crippen LogP contribution in [-0.2, 0) is 0 Å². The molecule has 0 unspecified atom stereocenters. The highest BCUT2D eigenvalue weighted by Gasteiger charge is 2.11. The molecule has 1 aromatic heterocycles. The number of amides is 1. The van der Waals surface area contributed by atoms with Crippen molar-refractivity contribution in [2.24, 2.45) is 0 Å². The van der Waals surface area contributed by atoms with Gasteiger partial charge in [-0.05, 0) is 51.7 Å². The number of aromatic nitrogens is 2. The molecule has 0 aliphatic carbocycles. The molecular formula is C17H22ClN5O. The predicted molar refractivity (Wildman–Crippen MR) is 97.1 cm³/mol. The Morgan fingerprint density at radius 2 is 1.96 bits per heavy atom. The normalized spacial score (nSPS) is 10.8. The highest BCUT2D eigenvalue weighted by Crippen LogP contribution is 2.23. The van der Waals surface area contributed by atoms with Crippen molar-refractivity contribution in [2.45, 2.75) is 13.8 Å². The molecule has 0 radical (unpaired) electrons. The summed E-state index contributed by atoms with van der Waals surface area (Å²) in [4.78, 5) is 22.8. The summed E-state index contributed by atoms with van der Waals surface area (Å²) in [5.41, 5.74) is 2.22. The number of likely N-dealkylation sites (N-methyl/N-ethyl adjacent to an activating group) is 1. The Morgan fingerprint density at radius 1 is 1.21 bits per heavy atom. The van der Waals surface area contributed by atoms with E-state index in [0.29, 0.717) is 28.9 Å². The number of hydrogen-bond acceptors (Lipinski definition) is 5. The van der Waals surface area contributed by atoms with Crippen LogP contribution in [0.2, 0.25) is 5.02 Å². The number of halogens is 1. The summed E-state index contributed by atoms with van der Waals surface area (Å²) in [7, 11) is 3.91. The number of nitrogens with one attached hydrogen (secondary N) is 2. The lowest BCUT2D eigenvalue weighted by molar-refractivity contribution is 0.0945. The average Bonchev–Trinajstić information content (AvgIpc) is 2.49. The molecule has 6 nitrogen and oxygen atoms in total. The highest BCUT2D eigenvalue weighted by molar-refractivity contribution is 6.30. The molecule has 0 bridgehead atoms. The lowest BCUT2D eigenvalue weighted by Crippen LogP contribution is -2.32. The summed E-state index contributed by atoms with van der Waals surface area (Å²) < 4.78 is 0. The average molecular weight is 348 g/mol. The molecule has 0 spiro atoms. The van der Waals surface area contributed by atoms with Crippen molar-refractivity contribution in [3.8, 4) is 0 Å². The quantitative estimate of drug-likeness (QED) is 0.840. The van der Waals surface area contributed by atoms with E-state index < -0.39 is 0 Å². The first-order valence-corrected chi connectivity index (χ1v) is 8.05. The zero-order valence-electron chi connectivity index (χ0n) is 14.4. The first-order chi connectivity index (χ1) is 11.3. The molecule has 1 heterocycles. The van der Waals surface area contributed by atoms with Gasteiger partial charge in [-0.25, -0.2) is 9.97 Å². The lowest BCUT2D eigenvalue weighted by Gasteiger charge is -2.12. The maximum atomic E-state index is 12.2. The first-order valence-electron chi connectivity index (χ1n) is 7.67. The van der Waals surface area contributed by atoms with Gasteiger partial charge in [0.15, 0.2) is 0 Å². The number of aryl methyl sites for hydroxylation is 2. The summed E-state index contributed by atoms with van der Waals surface area (Å²) in [6.45, 7) is 5.05. The van der Waals surface area contributed by atoms with Gasteiger partial charge in [0, 0.05) is 29.9 Å². The van der Waals surface area contributed by atoms with E-state index >= 15 is 0 Å². The summed E-state index contributed by atoms with van der Waals surface area (Å²) in [6, 6.07) is 7.20. The van der Waals surface area contributed by atoms with Gasteiger partial charge in [-0.15, -0.1) is 0 Å². The van der Waals surface area contributed by atoms with Crippen molar-refractivity contribution < 1.29 is 4.79 Å². The smallest absolute Gasteiger partial charge is 0.270 e. The first kappa shape index (κ1) is 18.2. The molecule has 2 N–H and O–H groups in total. The predicted octanol–water partition coefficient (Wildman–Crippen LogP) is 2.78. The van der Waals surface area contributed by atoms with Crippen LogP contribution in [0.5, 0.6) is 0 Å². The van der Waals surface area contributed by atoms with E-state index in [1.807, 2.05) is 38.1 Å². The van der Waals surface area contributed by atoms with Crippen LogP contribution in [0.25, 0.3) is 0 Å². The van der Waals surface area contributed by atoms with Gasteiger partial charge in [0.2, 0.25) is 0 Å². The minimum Gasteiger partial charge on any atom is -0.349 e. The second kappa shape index (κ2) is 8.08. The zero-order chi connectivity index (χ0) is 17.7. The van der Waals surface area contributed by atoms with E-state index in [-0.39, 0.29) is 5.91 Å². The van der Waals surface area contributed by atoms with Crippen molar-refractivity contribution in [2.75, 3.05) is 32.5 Å². The fraction of sp³-hybridized carbons (Fsp3) is 0.353. The number of carbonyl (C=O) groups is 1. The van der Waals surface area contributed by atoms with Gasteiger partial charge in [0.25, 0.3) is 5.91 Å². The Bertz CT molecular complexity index is 733. The standard InChI is InChI=1S/C17H22ClN5O/c1-11-9-13(18)5-6-14(11)22-16-10-15(20-12(2)21-16)17(24)19-7-8-23(3)4/h5-6,9-10H,7-8H2,1-4H3,(H,19,24)(H,20,21,22). The molecule has 0 aliphatic rings. The molecule has 2 rings (SSSR count). The van der Waals surface area contributed by atoms with Crippen LogP contribution >= 0.6 is 11.6 Å². The van der Waals surface area contributed by atoms with E-state index in [0.717, 1.165) is 17.8 Å². The van der Waals surface area contributed by atoms with Crippen molar-refractivity contribution in [3.63, 3.8) is 0 Å². The van der Waals surface area contributed by atoms with E-state index in [4.69, 9.17) is 11.6 Å². The minimum absolute atomic E-state index is 0.210. The summed E-state index contributed by atoms with van der Waals surface area (Å²) >= 11 is 5.97. The third kappa shape index (κ3) is 5.18. The molecular weight excluding hydrogens is 326 g/mol. The van der Waals surface area contributed by atoms with Gasteiger partial charge in [0.05, 0.1) is 0 Å². The Balaban J connectivity index is 2.14. The van der Waals surface area contributed by atoms with Crippen molar-refractivity contribution in [1.29, 1.82) is 0 Å². The molecule has 0 aliphatic heterocycles. The monoisotopic (exact) mass is 347 g/mol. The number of anilines is 2. The van der Waals surface area contributed by atoms with Crippen LogP contribution in [-0.4, -0.2) is 48.0 Å². The van der Waals surface area contributed by atoms with E-state index in [1.165, 1.54) is 0 Å². The van der Waals surface area contributed by atoms with E-state index in [2.05, 4.69) is 20.6 Å². The molecule has 24 heavy (non-hydrogen) atoms. The van der Waals surface area contributed by atoms with Crippen molar-refractivity contribution in [1.82, 2.24) is 20.2 Å². The Hall–Kier alpha value is -2.18. The second-order valence-electron chi connectivity index (χ2n) is 5.83. The van der Waals surface area contributed by atoms with Crippen LogP contribution in [0.4, 0.5) is 11.5 Å². The maximum absolute atomic E-state index is 12.2. The van der Waals surface area contributed by atoms with Gasteiger partial charge in [-0.2, -0.15) is 0 Å². The molecule has 7 heteroatoms. The number of hydrogen-bond donors (Lipinski definition) is 2. The molecule has 0 saturated carbocycles. The van der Waals surface area contributed by atoms with Crippen molar-refractivity contribution >= 4 is 29.0 Å². The minimum atomic E-state index is -0.210. The maximum Gasteiger partial charge on any atom is 0.270 e. The van der Waals surface area contributed by atoms with Gasteiger partial charge >= 0.3 is 0 Å². The fourth-order valence-electron chi connectivity index (χ4n) is 2.14. The Morgan fingerprint density at radius 3 is 2.62 bits per heavy atom. The molecule has 0 atom stereocenters. The lowest BCUT2D eigenvalue weighted by atomic mass is 10.2. The SMILES string of the molecule is Cc1nc(Nc2ccc(Cl)cc2C)cc(C(=O)NCCN(C)C)n1. The summed E-state index contributed by atoms with van der Waals surface area (Å²) in [6.07, 6.45) is 0. The summed E-state index contributed by atoms with van der Waals surface area (Å²) in [5, 5.41) is 6.74. The largest absolute Gasteiger partial charge is 0.349 e. The van der Waals surface area contributed by atoms with Gasteiger partial charge in [-0.3, -0.25) is 4.79 Å². The molecule has 0 fully saturated rings. The Labute approximate surface area is 147 Å². The summed E-state index contributed by atoms with van der Waals surface area (Å²) in [5.74, 6) is 0.897. The molecule has 2 aromatic rings. The van der Waals surface area contributed by atoms with E-state index in [1.54, 1.807) is 19.1 Å². The molecule has 1 amide bonds. The van der Waals surface area contributed by atoms with Gasteiger partial charge < -0.3 is 15.5 Å². The van der Waals surface area contributed by atoms with Crippen molar-refractivity contribution in [3.05, 3.63) is 46.4 Å². The fourth-order valence-corrected chi connectivity index (χ4v) is 2.36. The van der Waals surface area contributed by atoms with Crippen LogP contribution in [0.3, 0.4) is 0 Å². The molecule has 0 saturated heterocycles. The number of carbonyl (C=O) groups excluding carboxylic acids is 1. The second-order valence-corrected chi connectivity index (χ2v) is 6.27. The zero-order valence-corrected chi connectivity index (χ0v) is 15.1. The molecule has 1 aromatic carbocycles. The van der Waals surface area contributed by atoms with Crippen LogP contribution in [0, 0.1) is 13.8 Å². The van der Waals surface area contributed by atoms with E-state index in [9.17, 15) is 4.79 Å². The third-order valence-corrected chi connectivity index (χ3v) is 3.60. The van der Waals surface area contributed by atoms with Gasteiger partial charge in [-0.1, -0.05) is 11.6 Å².